The summed E-state index contributed by atoms with van der Waals surface area (Å²) in [5.41, 5.74) is -0.327. The van der Waals surface area contributed by atoms with Crippen molar-refractivity contribution < 1.29 is 30.7 Å². The summed E-state index contributed by atoms with van der Waals surface area (Å²) < 4.78 is 81.7. The molecule has 7 nitrogen and oxygen atoms in total. The lowest BCUT2D eigenvalue weighted by atomic mass is 9.92. The normalized spacial score (nSPS) is 12.9. The lowest BCUT2D eigenvalue weighted by Gasteiger charge is -2.37. The fraction of sp³-hybridized carbons (Fsp3) is 0.250. The van der Waals surface area contributed by atoms with E-state index in [2.05, 4.69) is 10.2 Å². The van der Waals surface area contributed by atoms with Gasteiger partial charge in [-0.3, -0.25) is 5.10 Å². The van der Waals surface area contributed by atoms with Crippen molar-refractivity contribution in [2.45, 2.75) is 25.6 Å². The van der Waals surface area contributed by atoms with E-state index >= 15 is 0 Å². The van der Waals surface area contributed by atoms with Gasteiger partial charge in [-0.05, 0) is 49.7 Å². The summed E-state index contributed by atoms with van der Waals surface area (Å²) in [6, 6.07) is 13.1. The first-order valence-electron chi connectivity index (χ1n) is 9.23. The number of alkyl halides is 3. The van der Waals surface area contributed by atoms with Crippen LogP contribution in [-0.2, 0) is 15.7 Å². The van der Waals surface area contributed by atoms with Gasteiger partial charge in [0.25, 0.3) is 10.2 Å². The molecule has 1 heterocycles. The van der Waals surface area contributed by atoms with Crippen LogP contribution in [-0.4, -0.2) is 35.6 Å². The summed E-state index contributed by atoms with van der Waals surface area (Å²) >= 11 is 0. The van der Waals surface area contributed by atoms with Gasteiger partial charge in [-0.15, -0.1) is 5.10 Å². The first-order chi connectivity index (χ1) is 14.8. The highest BCUT2D eigenvalue weighted by atomic mass is 32.2. The Morgan fingerprint density at radius 1 is 1.09 bits per heavy atom. The molecule has 0 unspecified atom stereocenters. The van der Waals surface area contributed by atoms with Gasteiger partial charge in [-0.1, -0.05) is 18.2 Å². The largest absolute Gasteiger partial charge is 0.438 e. The van der Waals surface area contributed by atoms with Crippen LogP contribution >= 0.6 is 0 Å². The van der Waals surface area contributed by atoms with Crippen LogP contribution in [0.2, 0.25) is 0 Å². The van der Waals surface area contributed by atoms with Gasteiger partial charge in [0, 0.05) is 11.6 Å². The number of nitrogens with zero attached hydrogens (tertiary/aromatic N) is 2. The van der Waals surface area contributed by atoms with E-state index in [9.17, 15) is 26.0 Å². The number of halogens is 4. The molecule has 32 heavy (non-hydrogen) atoms. The topological polar surface area (TPSA) is 101 Å². The van der Waals surface area contributed by atoms with Crippen LogP contribution < -0.4 is 9.88 Å². The van der Waals surface area contributed by atoms with Crippen molar-refractivity contribution in [3.8, 4) is 22.9 Å². The van der Waals surface area contributed by atoms with E-state index in [-0.39, 0.29) is 15.7 Å². The van der Waals surface area contributed by atoms with Crippen LogP contribution in [0.4, 0.5) is 17.6 Å². The lowest BCUT2D eigenvalue weighted by Crippen LogP contribution is -2.52. The summed E-state index contributed by atoms with van der Waals surface area (Å²) in [5.74, 6) is 0.119. The second-order valence-electron chi connectivity index (χ2n) is 7.48. The summed E-state index contributed by atoms with van der Waals surface area (Å²) in [6.07, 6.45) is -4.78. The van der Waals surface area contributed by atoms with Crippen molar-refractivity contribution in [2.75, 3.05) is 6.54 Å². The van der Waals surface area contributed by atoms with Gasteiger partial charge in [0.15, 0.2) is 0 Å². The minimum absolute atomic E-state index is 0.180. The predicted molar refractivity (Wildman–Crippen MR) is 109 cm³/mol. The Balaban J connectivity index is 1.90. The SMILES string of the molecule is CC(C)(c1cccc(-c2cc(Oc3ccc(F)cc3)n[nH]2)c1)N(CC(F)(F)F)S(N)(=O)=O. The van der Waals surface area contributed by atoms with E-state index in [0.717, 1.165) is 0 Å². The number of ether oxygens (including phenoxy) is 1. The molecule has 0 spiro atoms. The first-order valence-corrected chi connectivity index (χ1v) is 10.7. The molecule has 172 valence electrons. The number of H-pyrrole nitrogens is 1. The molecule has 3 N–H and O–H groups in total. The zero-order valence-corrected chi connectivity index (χ0v) is 17.8. The number of hydrogen-bond donors (Lipinski definition) is 2. The molecule has 3 aromatic rings. The fourth-order valence-electron chi connectivity index (χ4n) is 3.11. The van der Waals surface area contributed by atoms with E-state index in [0.29, 0.717) is 17.0 Å². The van der Waals surface area contributed by atoms with Gasteiger partial charge in [0.05, 0.1) is 11.2 Å². The van der Waals surface area contributed by atoms with E-state index in [4.69, 9.17) is 9.88 Å². The van der Waals surface area contributed by atoms with E-state index in [1.165, 1.54) is 50.2 Å². The summed E-state index contributed by atoms with van der Waals surface area (Å²) in [7, 11) is -4.67. The van der Waals surface area contributed by atoms with Crippen molar-refractivity contribution in [3.63, 3.8) is 0 Å². The second kappa shape index (κ2) is 8.52. The maximum Gasteiger partial charge on any atom is 0.402 e. The zero-order chi connectivity index (χ0) is 23.7. The van der Waals surface area contributed by atoms with Gasteiger partial charge in [0.2, 0.25) is 5.88 Å². The molecule has 0 aliphatic carbocycles. The average Bonchev–Trinajstić information content (AvgIpc) is 3.15. The molecule has 0 fully saturated rings. The molecule has 12 heteroatoms. The van der Waals surface area contributed by atoms with Gasteiger partial charge in [-0.2, -0.15) is 25.9 Å². The summed E-state index contributed by atoms with van der Waals surface area (Å²) in [4.78, 5) is 0. The van der Waals surface area contributed by atoms with Crippen LogP contribution in [0.3, 0.4) is 0 Å². The Morgan fingerprint density at radius 2 is 1.75 bits per heavy atom. The molecule has 0 saturated heterocycles. The highest BCUT2D eigenvalue weighted by Gasteiger charge is 2.43. The van der Waals surface area contributed by atoms with Gasteiger partial charge in [-0.25, -0.2) is 9.53 Å². The minimum atomic E-state index is -4.78. The number of aromatic nitrogens is 2. The van der Waals surface area contributed by atoms with Crippen molar-refractivity contribution in [3.05, 3.63) is 66.0 Å². The lowest BCUT2D eigenvalue weighted by molar-refractivity contribution is -0.144. The first kappa shape index (κ1) is 23.7. The second-order valence-corrected chi connectivity index (χ2v) is 8.95. The van der Waals surface area contributed by atoms with Gasteiger partial charge in [0.1, 0.15) is 18.1 Å². The Kier molecular flexibility index (Phi) is 6.31. The smallest absolute Gasteiger partial charge is 0.402 e. The Hall–Kier alpha value is -2.96. The van der Waals surface area contributed by atoms with Gasteiger partial charge < -0.3 is 4.74 Å². The predicted octanol–water partition coefficient (Wildman–Crippen LogP) is 4.31. The molecule has 1 aromatic heterocycles. The molecule has 0 atom stereocenters. The fourth-order valence-corrected chi connectivity index (χ4v) is 4.17. The number of nitrogens with one attached hydrogen (secondary N) is 1. The molecular weight excluding hydrogens is 452 g/mol. The monoisotopic (exact) mass is 472 g/mol. The van der Waals surface area contributed by atoms with Crippen LogP contribution in [0.15, 0.2) is 54.6 Å². The molecule has 0 aliphatic heterocycles. The van der Waals surface area contributed by atoms with Gasteiger partial charge >= 0.3 is 6.18 Å². The highest BCUT2D eigenvalue weighted by Crippen LogP contribution is 2.35. The quantitative estimate of drug-likeness (QED) is 0.501. The molecule has 0 bridgehead atoms. The number of benzene rings is 2. The molecular formula is C20H20F4N4O3S. The van der Waals surface area contributed by atoms with E-state index in [1.807, 2.05) is 0 Å². The Bertz CT molecular complexity index is 1190. The summed E-state index contributed by atoms with van der Waals surface area (Å²) in [6.45, 7) is 0.930. The molecule has 0 radical (unpaired) electrons. The van der Waals surface area contributed by atoms with Crippen LogP contribution in [0.25, 0.3) is 11.3 Å². The number of hydrogen-bond acceptors (Lipinski definition) is 4. The highest BCUT2D eigenvalue weighted by molar-refractivity contribution is 7.86. The van der Waals surface area contributed by atoms with E-state index < -0.39 is 34.3 Å². The molecule has 0 saturated carbocycles. The van der Waals surface area contributed by atoms with Crippen molar-refractivity contribution in [1.29, 1.82) is 0 Å². The van der Waals surface area contributed by atoms with Crippen molar-refractivity contribution in [2.24, 2.45) is 5.14 Å². The van der Waals surface area contributed by atoms with Crippen LogP contribution in [0.1, 0.15) is 19.4 Å². The van der Waals surface area contributed by atoms with Crippen molar-refractivity contribution in [1.82, 2.24) is 14.5 Å². The average molecular weight is 472 g/mol. The number of nitrogens with two attached hydrogens (primary N) is 1. The number of aromatic amines is 1. The maximum atomic E-state index is 13.0. The third-order valence-electron chi connectivity index (χ3n) is 4.72. The maximum absolute atomic E-state index is 13.0. The third kappa shape index (κ3) is 5.64. The Labute approximate surface area is 182 Å². The number of rotatable bonds is 7. The molecule has 0 aliphatic rings. The Morgan fingerprint density at radius 3 is 2.34 bits per heavy atom. The van der Waals surface area contributed by atoms with Crippen molar-refractivity contribution >= 4 is 10.2 Å². The van der Waals surface area contributed by atoms with Crippen LogP contribution in [0.5, 0.6) is 11.6 Å². The standard InChI is InChI=1S/C20H20F4N4O3S/c1-19(2,28(32(25,29)30)12-20(22,23)24)14-5-3-4-13(10-14)17-11-18(27-26-17)31-16-8-6-15(21)7-9-16/h3-11H,12H2,1-2H3,(H,26,27)(H2,25,29,30). The third-order valence-corrected chi connectivity index (χ3v) is 5.92. The summed E-state index contributed by atoms with van der Waals surface area (Å²) in [5, 5.41) is 11.8. The molecule has 3 rings (SSSR count). The molecule has 2 aromatic carbocycles. The van der Waals surface area contributed by atoms with Crippen LogP contribution in [0, 0.1) is 5.82 Å². The molecule has 0 amide bonds. The zero-order valence-electron chi connectivity index (χ0n) is 17.0. The van der Waals surface area contributed by atoms with E-state index in [1.54, 1.807) is 18.2 Å². The minimum Gasteiger partial charge on any atom is -0.438 e.